The van der Waals surface area contributed by atoms with Gasteiger partial charge in [0.05, 0.1) is 11.9 Å². The van der Waals surface area contributed by atoms with Crippen molar-refractivity contribution in [3.63, 3.8) is 0 Å². The van der Waals surface area contributed by atoms with Crippen LogP contribution in [-0.4, -0.2) is 4.98 Å². The molecule has 0 saturated heterocycles. The molecule has 0 spiro atoms. The van der Waals surface area contributed by atoms with Gasteiger partial charge in [-0.2, -0.15) is 13.2 Å². The number of hydrogen-bond acceptors (Lipinski definition) is 2. The van der Waals surface area contributed by atoms with Crippen LogP contribution in [0.15, 0.2) is 12.3 Å². The van der Waals surface area contributed by atoms with Gasteiger partial charge in [0.15, 0.2) is 0 Å². The van der Waals surface area contributed by atoms with E-state index in [9.17, 15) is 22.0 Å². The van der Waals surface area contributed by atoms with Crippen molar-refractivity contribution >= 4 is 5.69 Å². The summed E-state index contributed by atoms with van der Waals surface area (Å²) in [4.78, 5) is 2.91. The Morgan fingerprint density at radius 1 is 1.29 bits per heavy atom. The molecule has 0 fully saturated rings. The molecule has 0 aliphatic rings. The molecular weight excluding hydrogens is 207 g/mol. The van der Waals surface area contributed by atoms with E-state index in [1.165, 1.54) is 0 Å². The van der Waals surface area contributed by atoms with Crippen molar-refractivity contribution in [3.8, 4) is 0 Å². The van der Waals surface area contributed by atoms with Crippen molar-refractivity contribution < 1.29 is 22.0 Å². The number of nitrogens with two attached hydrogens (primary N) is 1. The number of pyridine rings is 1. The van der Waals surface area contributed by atoms with Gasteiger partial charge in [-0.25, -0.2) is 13.8 Å². The first kappa shape index (κ1) is 10.7. The minimum atomic E-state index is -4.74. The van der Waals surface area contributed by atoms with E-state index in [2.05, 4.69) is 4.98 Å². The Kier molecular flexibility index (Phi) is 2.59. The van der Waals surface area contributed by atoms with Crippen LogP contribution < -0.4 is 5.73 Å². The Hall–Kier alpha value is -1.40. The summed E-state index contributed by atoms with van der Waals surface area (Å²) >= 11 is 0. The highest BCUT2D eigenvalue weighted by atomic mass is 19.4. The van der Waals surface area contributed by atoms with Gasteiger partial charge in [0, 0.05) is 5.56 Å². The molecule has 14 heavy (non-hydrogen) atoms. The van der Waals surface area contributed by atoms with E-state index in [1.54, 1.807) is 0 Å². The zero-order chi connectivity index (χ0) is 10.9. The van der Waals surface area contributed by atoms with Gasteiger partial charge >= 0.3 is 6.18 Å². The highest BCUT2D eigenvalue weighted by molar-refractivity contribution is 5.46. The van der Waals surface area contributed by atoms with Crippen molar-refractivity contribution in [1.29, 1.82) is 0 Å². The fourth-order valence-electron chi connectivity index (χ4n) is 0.826. The number of aromatic nitrogens is 1. The average molecular weight is 212 g/mol. The number of nitrogen functional groups attached to an aromatic ring is 1. The largest absolute Gasteiger partial charge is 0.433 e. The summed E-state index contributed by atoms with van der Waals surface area (Å²) in [6, 6.07) is 0.250. The molecular formula is C7H5F5N2. The fraction of sp³-hybridized carbons (Fsp3) is 0.286. The maximum atomic E-state index is 12.1. The summed E-state index contributed by atoms with van der Waals surface area (Å²) in [5.74, 6) is 0. The Balaban J connectivity index is 3.20. The quantitative estimate of drug-likeness (QED) is 0.726. The molecule has 2 nitrogen and oxygen atoms in total. The lowest BCUT2D eigenvalue weighted by Gasteiger charge is -2.09. The molecule has 0 aromatic carbocycles. The molecule has 7 heteroatoms. The topological polar surface area (TPSA) is 38.9 Å². The molecule has 1 rings (SSSR count). The lowest BCUT2D eigenvalue weighted by molar-refractivity contribution is -0.141. The smallest absolute Gasteiger partial charge is 0.397 e. The summed E-state index contributed by atoms with van der Waals surface area (Å²) in [7, 11) is 0. The van der Waals surface area contributed by atoms with Crippen molar-refractivity contribution in [2.24, 2.45) is 0 Å². The van der Waals surface area contributed by atoms with Crippen LogP contribution >= 0.6 is 0 Å². The van der Waals surface area contributed by atoms with Crippen molar-refractivity contribution in [3.05, 3.63) is 23.5 Å². The lowest BCUT2D eigenvalue weighted by Crippen LogP contribution is -2.10. The van der Waals surface area contributed by atoms with Crippen LogP contribution in [0.1, 0.15) is 17.7 Å². The molecule has 0 radical (unpaired) electrons. The summed E-state index contributed by atoms with van der Waals surface area (Å²) in [5, 5.41) is 0. The normalized spacial score (nSPS) is 12.1. The molecule has 0 bridgehead atoms. The van der Waals surface area contributed by atoms with E-state index in [0.29, 0.717) is 6.20 Å². The molecule has 78 valence electrons. The number of alkyl halides is 5. The van der Waals surface area contributed by atoms with E-state index >= 15 is 0 Å². The van der Waals surface area contributed by atoms with Crippen LogP contribution in [0, 0.1) is 0 Å². The number of hydrogen-bond donors (Lipinski definition) is 1. The summed E-state index contributed by atoms with van der Waals surface area (Å²) in [6.45, 7) is 0. The van der Waals surface area contributed by atoms with Crippen LogP contribution in [0.2, 0.25) is 0 Å². The van der Waals surface area contributed by atoms with Gasteiger partial charge in [0.25, 0.3) is 6.43 Å². The lowest BCUT2D eigenvalue weighted by atomic mass is 10.2. The molecule has 1 aromatic heterocycles. The number of anilines is 1. The minimum Gasteiger partial charge on any atom is -0.397 e. The molecule has 0 saturated carbocycles. The molecule has 0 unspecified atom stereocenters. The zero-order valence-corrected chi connectivity index (χ0v) is 6.65. The van der Waals surface area contributed by atoms with Crippen molar-refractivity contribution in [2.75, 3.05) is 5.73 Å². The van der Waals surface area contributed by atoms with Crippen LogP contribution in [0.5, 0.6) is 0 Å². The maximum absolute atomic E-state index is 12.1. The molecule has 0 amide bonds. The highest BCUT2D eigenvalue weighted by Crippen LogP contribution is 2.32. The van der Waals surface area contributed by atoms with Gasteiger partial charge in [-0.15, -0.1) is 0 Å². The van der Waals surface area contributed by atoms with Crippen molar-refractivity contribution in [1.82, 2.24) is 4.98 Å². The van der Waals surface area contributed by atoms with Gasteiger partial charge in [0.1, 0.15) is 5.69 Å². The standard InChI is InChI=1S/C7H5F5N2/c8-6(9)3-1-5(7(10,11)12)14-2-4(3)13/h1-2,6H,13H2. The van der Waals surface area contributed by atoms with Crippen LogP contribution in [0.3, 0.4) is 0 Å². The number of nitrogens with zero attached hydrogens (tertiary/aromatic N) is 1. The first-order valence-corrected chi connectivity index (χ1v) is 3.43. The second kappa shape index (κ2) is 3.39. The van der Waals surface area contributed by atoms with E-state index in [-0.39, 0.29) is 6.07 Å². The third-order valence-electron chi connectivity index (χ3n) is 1.49. The zero-order valence-electron chi connectivity index (χ0n) is 6.65. The molecule has 0 aliphatic carbocycles. The second-order valence-corrected chi connectivity index (χ2v) is 2.50. The number of rotatable bonds is 1. The van der Waals surface area contributed by atoms with Crippen LogP contribution in [0.25, 0.3) is 0 Å². The van der Waals surface area contributed by atoms with Gasteiger partial charge < -0.3 is 5.73 Å². The van der Waals surface area contributed by atoms with Crippen LogP contribution in [-0.2, 0) is 6.18 Å². The maximum Gasteiger partial charge on any atom is 0.433 e. The highest BCUT2D eigenvalue weighted by Gasteiger charge is 2.33. The number of halogens is 5. The Morgan fingerprint density at radius 3 is 2.29 bits per heavy atom. The van der Waals surface area contributed by atoms with E-state index in [0.717, 1.165) is 0 Å². The predicted octanol–water partition coefficient (Wildman–Crippen LogP) is 2.62. The van der Waals surface area contributed by atoms with Gasteiger partial charge in [0.2, 0.25) is 0 Å². The van der Waals surface area contributed by atoms with Crippen molar-refractivity contribution in [2.45, 2.75) is 12.6 Å². The Morgan fingerprint density at radius 2 is 1.86 bits per heavy atom. The van der Waals surface area contributed by atoms with E-state index in [4.69, 9.17) is 5.73 Å². The van der Waals surface area contributed by atoms with E-state index in [1.807, 2.05) is 0 Å². The molecule has 0 atom stereocenters. The van der Waals surface area contributed by atoms with Gasteiger partial charge in [-0.1, -0.05) is 0 Å². The van der Waals surface area contributed by atoms with Crippen LogP contribution in [0.4, 0.5) is 27.6 Å². The Bertz CT molecular complexity index is 333. The third-order valence-corrected chi connectivity index (χ3v) is 1.49. The summed E-state index contributed by atoms with van der Waals surface area (Å²) < 4.78 is 60.3. The van der Waals surface area contributed by atoms with Gasteiger partial charge in [-0.3, -0.25) is 0 Å². The Labute approximate surface area is 75.5 Å². The molecule has 1 heterocycles. The third kappa shape index (κ3) is 2.09. The monoisotopic (exact) mass is 212 g/mol. The molecule has 2 N–H and O–H groups in total. The summed E-state index contributed by atoms with van der Waals surface area (Å²) in [6.07, 6.45) is -7.21. The molecule has 0 aliphatic heterocycles. The predicted molar refractivity (Wildman–Crippen MR) is 38.6 cm³/mol. The van der Waals surface area contributed by atoms with Gasteiger partial charge in [-0.05, 0) is 6.07 Å². The molecule has 1 aromatic rings. The SMILES string of the molecule is Nc1cnc(C(F)(F)F)cc1C(F)F. The average Bonchev–Trinajstić information content (AvgIpc) is 2.02. The second-order valence-electron chi connectivity index (χ2n) is 2.50. The summed E-state index contributed by atoms with van der Waals surface area (Å²) in [5.41, 5.74) is 2.35. The first-order valence-electron chi connectivity index (χ1n) is 3.43. The fourth-order valence-corrected chi connectivity index (χ4v) is 0.826. The minimum absolute atomic E-state index is 0.250. The van der Waals surface area contributed by atoms with E-state index < -0.39 is 29.5 Å². The first-order chi connectivity index (χ1) is 6.32.